The van der Waals surface area contributed by atoms with E-state index >= 15 is 0 Å². The first-order valence-corrected chi connectivity index (χ1v) is 10.5. The van der Waals surface area contributed by atoms with Crippen molar-refractivity contribution < 1.29 is 9.59 Å². The molecule has 0 radical (unpaired) electrons. The summed E-state index contributed by atoms with van der Waals surface area (Å²) in [5, 5.41) is 2.70. The molecule has 0 spiro atoms. The van der Waals surface area contributed by atoms with E-state index in [9.17, 15) is 9.59 Å². The Morgan fingerprint density at radius 3 is 2.66 bits per heavy atom. The van der Waals surface area contributed by atoms with E-state index in [2.05, 4.69) is 28.4 Å². The van der Waals surface area contributed by atoms with Crippen molar-refractivity contribution in [1.82, 2.24) is 19.7 Å². The number of piperidine rings is 1. The zero-order chi connectivity index (χ0) is 20.4. The van der Waals surface area contributed by atoms with Crippen molar-refractivity contribution in [3.05, 3.63) is 58.9 Å². The highest BCUT2D eigenvalue weighted by atomic mass is 16.2. The average Bonchev–Trinajstić information content (AvgIpc) is 3.14. The molecule has 154 valence electrons. The Bertz CT molecular complexity index is 904. The molecule has 4 rings (SSSR count). The molecular formula is C23H30N4O2. The Morgan fingerprint density at radius 1 is 1.07 bits per heavy atom. The third kappa shape index (κ3) is 3.94. The molecule has 29 heavy (non-hydrogen) atoms. The number of carbonyl (C=O) groups is 2. The minimum Gasteiger partial charge on any atom is -0.354 e. The van der Waals surface area contributed by atoms with Gasteiger partial charge in [-0.05, 0) is 49.1 Å². The van der Waals surface area contributed by atoms with Crippen LogP contribution in [-0.2, 0) is 24.8 Å². The Hall–Kier alpha value is -2.60. The quantitative estimate of drug-likeness (QED) is 0.867. The third-order valence-corrected chi connectivity index (χ3v) is 6.40. The van der Waals surface area contributed by atoms with Gasteiger partial charge in [-0.3, -0.25) is 14.5 Å². The van der Waals surface area contributed by atoms with Crippen molar-refractivity contribution in [1.29, 1.82) is 0 Å². The highest BCUT2D eigenvalue weighted by Gasteiger charge is 2.30. The maximum absolute atomic E-state index is 13.1. The van der Waals surface area contributed by atoms with E-state index in [4.69, 9.17) is 0 Å². The molecule has 3 heterocycles. The van der Waals surface area contributed by atoms with Crippen LogP contribution in [0.4, 0.5) is 0 Å². The van der Waals surface area contributed by atoms with Crippen molar-refractivity contribution in [2.24, 2.45) is 7.05 Å². The Labute approximate surface area is 172 Å². The lowest BCUT2D eigenvalue weighted by Crippen LogP contribution is -2.45. The van der Waals surface area contributed by atoms with Crippen LogP contribution < -0.4 is 5.32 Å². The summed E-state index contributed by atoms with van der Waals surface area (Å²) >= 11 is 0. The first-order chi connectivity index (χ1) is 14.1. The van der Waals surface area contributed by atoms with E-state index in [1.54, 1.807) is 7.05 Å². The average molecular weight is 395 g/mol. The van der Waals surface area contributed by atoms with Crippen LogP contribution in [0, 0.1) is 0 Å². The fourth-order valence-electron chi connectivity index (χ4n) is 4.72. The smallest absolute Gasteiger partial charge is 0.267 e. The third-order valence-electron chi connectivity index (χ3n) is 6.40. The number of carbonyl (C=O) groups excluding carboxylic acids is 2. The van der Waals surface area contributed by atoms with Crippen molar-refractivity contribution in [3.63, 3.8) is 0 Å². The molecule has 1 atom stereocenters. The maximum atomic E-state index is 13.1. The summed E-state index contributed by atoms with van der Waals surface area (Å²) < 4.78 is 1.98. The molecule has 1 N–H and O–H groups in total. The van der Waals surface area contributed by atoms with E-state index in [-0.39, 0.29) is 17.9 Å². The van der Waals surface area contributed by atoms with Crippen molar-refractivity contribution >= 4 is 11.8 Å². The van der Waals surface area contributed by atoms with Crippen LogP contribution in [0.1, 0.15) is 52.6 Å². The molecule has 2 aliphatic rings. The molecule has 1 aromatic heterocycles. The van der Waals surface area contributed by atoms with E-state index < -0.39 is 0 Å². The second kappa shape index (κ2) is 8.41. The lowest BCUT2D eigenvalue weighted by Gasteiger charge is -2.37. The predicted octanol–water partition coefficient (Wildman–Crippen LogP) is 2.50. The zero-order valence-corrected chi connectivity index (χ0v) is 17.4. The molecule has 0 aliphatic carbocycles. The van der Waals surface area contributed by atoms with Crippen LogP contribution in [0.3, 0.4) is 0 Å². The Balaban J connectivity index is 1.48. The summed E-state index contributed by atoms with van der Waals surface area (Å²) in [5.41, 5.74) is 4.39. The Morgan fingerprint density at radius 2 is 1.86 bits per heavy atom. The number of benzene rings is 1. The molecule has 6 nitrogen and oxygen atoms in total. The summed E-state index contributed by atoms with van der Waals surface area (Å²) in [6.07, 6.45) is 4.20. The molecule has 2 aromatic rings. The summed E-state index contributed by atoms with van der Waals surface area (Å²) in [5.74, 6) is 0.122. The van der Waals surface area contributed by atoms with E-state index in [0.717, 1.165) is 44.5 Å². The molecule has 0 saturated carbocycles. The number of hydrogen-bond donors (Lipinski definition) is 1. The van der Waals surface area contributed by atoms with E-state index in [1.165, 1.54) is 11.1 Å². The summed E-state index contributed by atoms with van der Waals surface area (Å²) in [4.78, 5) is 29.5. The number of likely N-dealkylation sites (tertiary alicyclic amines) is 1. The molecule has 1 unspecified atom stereocenters. The molecule has 6 heteroatoms. The molecule has 0 bridgehead atoms. The number of nitrogens with zero attached hydrogens (tertiary/aromatic N) is 3. The fraction of sp³-hybridized carbons (Fsp3) is 0.478. The molecule has 2 amide bonds. The fourth-order valence-corrected chi connectivity index (χ4v) is 4.72. The van der Waals surface area contributed by atoms with Crippen LogP contribution in [0.15, 0.2) is 36.4 Å². The minimum atomic E-state index is -0.0795. The normalized spacial score (nSPS) is 19.7. The predicted molar refractivity (Wildman–Crippen MR) is 113 cm³/mol. The van der Waals surface area contributed by atoms with Gasteiger partial charge >= 0.3 is 0 Å². The SMILES string of the molecule is CNC(=O)c1ccc(C2CCCCN2CC(=O)N2CCc3ccccc3C2)n1C. The molecule has 1 fully saturated rings. The number of rotatable bonds is 4. The molecule has 1 aromatic carbocycles. The topological polar surface area (TPSA) is 57.6 Å². The number of aromatic nitrogens is 1. The van der Waals surface area contributed by atoms with E-state index in [1.807, 2.05) is 34.7 Å². The Kier molecular flexibility index (Phi) is 5.72. The molecule has 1 saturated heterocycles. The number of nitrogens with one attached hydrogen (secondary N) is 1. The summed E-state index contributed by atoms with van der Waals surface area (Å²) in [6, 6.07) is 12.5. The summed E-state index contributed by atoms with van der Waals surface area (Å²) in [6.45, 7) is 2.85. The lowest BCUT2D eigenvalue weighted by molar-refractivity contribution is -0.134. The van der Waals surface area contributed by atoms with Crippen LogP contribution >= 0.6 is 0 Å². The number of fused-ring (bicyclic) bond motifs is 1. The highest BCUT2D eigenvalue weighted by Crippen LogP contribution is 2.32. The second-order valence-corrected chi connectivity index (χ2v) is 8.10. The van der Waals surface area contributed by atoms with Gasteiger partial charge in [-0.15, -0.1) is 0 Å². The van der Waals surface area contributed by atoms with Crippen LogP contribution in [0.5, 0.6) is 0 Å². The van der Waals surface area contributed by atoms with Crippen molar-refractivity contribution in [3.8, 4) is 0 Å². The number of amides is 2. The monoisotopic (exact) mass is 394 g/mol. The van der Waals surface area contributed by atoms with Crippen molar-refractivity contribution in [2.75, 3.05) is 26.7 Å². The first kappa shape index (κ1) is 19.7. The first-order valence-electron chi connectivity index (χ1n) is 10.5. The van der Waals surface area contributed by atoms with Gasteiger partial charge in [-0.2, -0.15) is 0 Å². The van der Waals surface area contributed by atoms with Gasteiger partial charge < -0.3 is 14.8 Å². The summed E-state index contributed by atoms with van der Waals surface area (Å²) in [7, 11) is 3.59. The molecule has 2 aliphatic heterocycles. The lowest BCUT2D eigenvalue weighted by atomic mass is 9.98. The van der Waals surface area contributed by atoms with Crippen LogP contribution in [0.2, 0.25) is 0 Å². The maximum Gasteiger partial charge on any atom is 0.267 e. The van der Waals surface area contributed by atoms with Gasteiger partial charge in [0, 0.05) is 32.9 Å². The van der Waals surface area contributed by atoms with E-state index in [0.29, 0.717) is 18.8 Å². The zero-order valence-electron chi connectivity index (χ0n) is 17.4. The van der Waals surface area contributed by atoms with Crippen LogP contribution in [0.25, 0.3) is 0 Å². The highest BCUT2D eigenvalue weighted by molar-refractivity contribution is 5.92. The van der Waals surface area contributed by atoms with Gasteiger partial charge in [0.25, 0.3) is 5.91 Å². The molecular weight excluding hydrogens is 364 g/mol. The largest absolute Gasteiger partial charge is 0.354 e. The number of hydrogen-bond acceptors (Lipinski definition) is 3. The minimum absolute atomic E-state index is 0.0795. The van der Waals surface area contributed by atoms with Gasteiger partial charge in [-0.25, -0.2) is 0 Å². The van der Waals surface area contributed by atoms with Gasteiger partial charge in [0.05, 0.1) is 12.6 Å². The van der Waals surface area contributed by atoms with Gasteiger partial charge in [-0.1, -0.05) is 30.7 Å². The van der Waals surface area contributed by atoms with Crippen LogP contribution in [-0.4, -0.2) is 52.9 Å². The second-order valence-electron chi connectivity index (χ2n) is 8.10. The van der Waals surface area contributed by atoms with Crippen molar-refractivity contribution in [2.45, 2.75) is 38.3 Å². The van der Waals surface area contributed by atoms with Gasteiger partial charge in [0.2, 0.25) is 5.91 Å². The van der Waals surface area contributed by atoms with Gasteiger partial charge in [0.15, 0.2) is 0 Å². The van der Waals surface area contributed by atoms with Gasteiger partial charge in [0.1, 0.15) is 5.69 Å². The standard InChI is InChI=1S/C23H30N4O2/c1-24-23(29)21-11-10-19(25(21)2)20-9-5-6-13-26(20)16-22(28)27-14-12-17-7-3-4-8-18(17)15-27/h3-4,7-8,10-11,20H,5-6,9,12-16H2,1-2H3,(H,24,29).